The lowest BCUT2D eigenvalue weighted by Gasteiger charge is -2.45. The maximum Gasteiger partial charge on any atom is 0.0285 e. The Balaban J connectivity index is 2.12. The fraction of sp³-hybridized carbons (Fsp3) is 0.714. The van der Waals surface area contributed by atoms with Gasteiger partial charge in [0, 0.05) is 20.3 Å². The zero-order chi connectivity index (χ0) is 12.7. The first-order valence-electron chi connectivity index (χ1n) is 6.30. The van der Waals surface area contributed by atoms with Crippen molar-refractivity contribution in [3.05, 3.63) is 20.8 Å². The maximum atomic E-state index is 6.66. The van der Waals surface area contributed by atoms with Gasteiger partial charge in [0.05, 0.1) is 0 Å². The molecule has 1 aliphatic rings. The summed E-state index contributed by atoms with van der Waals surface area (Å²) in [7, 11) is 0. The molecule has 17 heavy (non-hydrogen) atoms. The molecule has 0 spiro atoms. The molecule has 2 atom stereocenters. The van der Waals surface area contributed by atoms with Crippen LogP contribution in [0.25, 0.3) is 0 Å². The van der Waals surface area contributed by atoms with Gasteiger partial charge >= 0.3 is 0 Å². The number of nitrogens with two attached hydrogens (primary N) is 1. The molecule has 1 saturated carbocycles. The Morgan fingerprint density at radius 3 is 2.71 bits per heavy atom. The van der Waals surface area contributed by atoms with Crippen molar-refractivity contribution in [3.8, 4) is 0 Å². The van der Waals surface area contributed by atoms with Crippen molar-refractivity contribution in [1.29, 1.82) is 0 Å². The minimum atomic E-state index is -0.00847. The summed E-state index contributed by atoms with van der Waals surface area (Å²) in [4.78, 5) is 1.41. The molecule has 1 aromatic rings. The summed E-state index contributed by atoms with van der Waals surface area (Å²) < 4.78 is 1.18. The lowest BCUT2D eigenvalue weighted by molar-refractivity contribution is 0.108. The van der Waals surface area contributed by atoms with Crippen molar-refractivity contribution in [2.75, 3.05) is 0 Å². The Labute approximate surface area is 117 Å². The molecule has 0 aromatic carbocycles. The zero-order valence-electron chi connectivity index (χ0n) is 10.9. The van der Waals surface area contributed by atoms with Crippen molar-refractivity contribution < 1.29 is 0 Å². The van der Waals surface area contributed by atoms with Gasteiger partial charge in [0.1, 0.15) is 0 Å². The first-order valence-corrected chi connectivity index (χ1v) is 7.97. The van der Waals surface area contributed by atoms with Gasteiger partial charge in [0.2, 0.25) is 0 Å². The van der Waals surface area contributed by atoms with Gasteiger partial charge in [-0.2, -0.15) is 0 Å². The van der Waals surface area contributed by atoms with Crippen LogP contribution in [0.4, 0.5) is 0 Å². The van der Waals surface area contributed by atoms with E-state index in [9.17, 15) is 0 Å². The lowest BCUT2D eigenvalue weighted by atomic mass is 9.63. The fourth-order valence-electron chi connectivity index (χ4n) is 3.74. The monoisotopic (exact) mass is 315 g/mol. The number of rotatable bonds is 2. The molecule has 0 saturated heterocycles. The van der Waals surface area contributed by atoms with Crippen LogP contribution in [-0.4, -0.2) is 5.54 Å². The van der Waals surface area contributed by atoms with Crippen LogP contribution < -0.4 is 5.73 Å². The SMILES string of the molecule is CC1CC(C)(C)CC(N)(Cc2cc(Br)cs2)C1. The van der Waals surface area contributed by atoms with Gasteiger partial charge in [0.15, 0.2) is 0 Å². The predicted molar refractivity (Wildman–Crippen MR) is 79.4 cm³/mol. The molecule has 3 heteroatoms. The van der Waals surface area contributed by atoms with Crippen LogP contribution in [0.5, 0.6) is 0 Å². The summed E-state index contributed by atoms with van der Waals surface area (Å²) in [6, 6.07) is 2.21. The highest BCUT2D eigenvalue weighted by molar-refractivity contribution is 9.10. The number of thiophene rings is 1. The second kappa shape index (κ2) is 4.67. The second-order valence-electron chi connectivity index (χ2n) is 6.62. The molecule has 1 nitrogen and oxygen atoms in total. The molecule has 2 N–H and O–H groups in total. The smallest absolute Gasteiger partial charge is 0.0285 e. The van der Waals surface area contributed by atoms with Crippen molar-refractivity contribution in [3.63, 3.8) is 0 Å². The molecule has 0 bridgehead atoms. The lowest BCUT2D eigenvalue weighted by Crippen LogP contribution is -2.50. The molecule has 0 radical (unpaired) electrons. The van der Waals surface area contributed by atoms with Crippen LogP contribution in [0.3, 0.4) is 0 Å². The minimum absolute atomic E-state index is 0.00847. The Hall–Kier alpha value is 0.140. The molecule has 96 valence electrons. The molecule has 2 rings (SSSR count). The van der Waals surface area contributed by atoms with Gasteiger partial charge in [-0.05, 0) is 59.0 Å². The largest absolute Gasteiger partial charge is 0.325 e. The van der Waals surface area contributed by atoms with Crippen LogP contribution >= 0.6 is 27.3 Å². The van der Waals surface area contributed by atoms with Crippen molar-refractivity contribution in [2.24, 2.45) is 17.1 Å². The van der Waals surface area contributed by atoms with Crippen LogP contribution in [0.1, 0.15) is 44.9 Å². The minimum Gasteiger partial charge on any atom is -0.325 e. The second-order valence-corrected chi connectivity index (χ2v) is 8.54. The average molecular weight is 316 g/mol. The molecule has 1 aromatic heterocycles. The number of hydrogen-bond donors (Lipinski definition) is 1. The highest BCUT2D eigenvalue weighted by Crippen LogP contribution is 2.44. The van der Waals surface area contributed by atoms with Crippen molar-refractivity contribution in [2.45, 2.75) is 52.0 Å². The molecular weight excluding hydrogens is 294 g/mol. The highest BCUT2D eigenvalue weighted by atomic mass is 79.9. The van der Waals surface area contributed by atoms with Gasteiger partial charge in [-0.1, -0.05) is 20.8 Å². The van der Waals surface area contributed by atoms with Crippen LogP contribution in [0.15, 0.2) is 15.9 Å². The van der Waals surface area contributed by atoms with Crippen molar-refractivity contribution in [1.82, 2.24) is 0 Å². The number of halogens is 1. The van der Waals surface area contributed by atoms with Crippen LogP contribution in [0.2, 0.25) is 0 Å². The summed E-state index contributed by atoms with van der Waals surface area (Å²) >= 11 is 5.33. The van der Waals surface area contributed by atoms with E-state index in [1.165, 1.54) is 15.8 Å². The van der Waals surface area contributed by atoms with Crippen LogP contribution in [-0.2, 0) is 6.42 Å². The van der Waals surface area contributed by atoms with E-state index < -0.39 is 0 Å². The third-order valence-electron chi connectivity index (χ3n) is 3.63. The highest BCUT2D eigenvalue weighted by Gasteiger charge is 2.40. The topological polar surface area (TPSA) is 26.0 Å². The van der Waals surface area contributed by atoms with E-state index in [4.69, 9.17) is 5.73 Å². The standard InChI is InChI=1S/C14H22BrNS/c1-10-5-13(2,3)9-14(16,6-10)7-12-4-11(15)8-17-12/h4,8,10H,5-7,9,16H2,1-3H3. The van der Waals surface area contributed by atoms with Gasteiger partial charge in [0.25, 0.3) is 0 Å². The number of hydrogen-bond acceptors (Lipinski definition) is 2. The van der Waals surface area contributed by atoms with E-state index in [0.717, 1.165) is 25.2 Å². The third-order valence-corrected chi connectivity index (χ3v) is 5.33. The Kier molecular flexibility index (Phi) is 3.73. The van der Waals surface area contributed by atoms with E-state index in [-0.39, 0.29) is 5.54 Å². The van der Waals surface area contributed by atoms with E-state index in [2.05, 4.69) is 48.1 Å². The molecule has 1 fully saturated rings. The van der Waals surface area contributed by atoms with Crippen molar-refractivity contribution >= 4 is 27.3 Å². The Morgan fingerprint density at radius 2 is 2.18 bits per heavy atom. The third kappa shape index (κ3) is 3.55. The molecule has 1 aliphatic carbocycles. The summed E-state index contributed by atoms with van der Waals surface area (Å²) in [5.74, 6) is 0.743. The summed E-state index contributed by atoms with van der Waals surface area (Å²) in [6.07, 6.45) is 4.63. The normalized spacial score (nSPS) is 32.6. The zero-order valence-corrected chi connectivity index (χ0v) is 13.3. The van der Waals surface area contributed by atoms with E-state index in [1.807, 2.05) is 11.3 Å². The van der Waals surface area contributed by atoms with Gasteiger partial charge < -0.3 is 5.73 Å². The van der Waals surface area contributed by atoms with Crippen LogP contribution in [0, 0.1) is 11.3 Å². The summed E-state index contributed by atoms with van der Waals surface area (Å²) in [6.45, 7) is 7.05. The van der Waals surface area contributed by atoms with E-state index in [1.54, 1.807) is 0 Å². The molecule has 2 unspecified atom stereocenters. The van der Waals surface area contributed by atoms with E-state index >= 15 is 0 Å². The quantitative estimate of drug-likeness (QED) is 0.848. The first-order chi connectivity index (χ1) is 7.78. The summed E-state index contributed by atoms with van der Waals surface area (Å²) in [5, 5.41) is 2.15. The maximum absolute atomic E-state index is 6.66. The van der Waals surface area contributed by atoms with E-state index in [0.29, 0.717) is 5.41 Å². The van der Waals surface area contributed by atoms with Gasteiger partial charge in [-0.25, -0.2) is 0 Å². The Bertz CT molecular complexity index is 399. The molecule has 0 aliphatic heterocycles. The first kappa shape index (κ1) is 13.6. The molecule has 0 amide bonds. The average Bonchev–Trinajstić information content (AvgIpc) is 2.44. The summed E-state index contributed by atoms with van der Waals surface area (Å²) in [5.41, 5.74) is 7.04. The Morgan fingerprint density at radius 1 is 1.47 bits per heavy atom. The predicted octanol–water partition coefficient (Wildman–Crippen LogP) is 4.60. The molecular formula is C14H22BrNS. The van der Waals surface area contributed by atoms with Gasteiger partial charge in [-0.3, -0.25) is 0 Å². The van der Waals surface area contributed by atoms with Gasteiger partial charge in [-0.15, -0.1) is 11.3 Å². The fourth-order valence-corrected chi connectivity index (χ4v) is 5.34. The molecule has 1 heterocycles.